The van der Waals surface area contributed by atoms with Gasteiger partial charge in [-0.05, 0) is 31.1 Å². The van der Waals surface area contributed by atoms with Crippen molar-refractivity contribution in [3.05, 3.63) is 11.1 Å². The van der Waals surface area contributed by atoms with Gasteiger partial charge in [-0.15, -0.1) is 0 Å². The van der Waals surface area contributed by atoms with Gasteiger partial charge in [0.2, 0.25) is 5.91 Å². The van der Waals surface area contributed by atoms with Gasteiger partial charge in [-0.25, -0.2) is 0 Å². The summed E-state index contributed by atoms with van der Waals surface area (Å²) < 4.78 is 5.80. The highest BCUT2D eigenvalue weighted by Gasteiger charge is 2.25. The lowest BCUT2D eigenvalue weighted by Gasteiger charge is -2.25. The zero-order chi connectivity index (χ0) is 15.2. The van der Waals surface area contributed by atoms with Crippen molar-refractivity contribution in [1.29, 1.82) is 0 Å². The van der Waals surface area contributed by atoms with E-state index in [1.807, 2.05) is 0 Å². The minimum atomic E-state index is 0.0968. The fourth-order valence-electron chi connectivity index (χ4n) is 3.11. The first-order chi connectivity index (χ1) is 10.8. The first kappa shape index (κ1) is 15.9. The number of hydrogen-bond acceptors (Lipinski definition) is 5. The summed E-state index contributed by atoms with van der Waals surface area (Å²) in [5.41, 5.74) is 1.09. The number of amides is 1. The molecular weight excluding hydrogens is 298 g/mol. The third kappa shape index (κ3) is 4.26. The molecule has 5 nitrogen and oxygen atoms in total. The van der Waals surface area contributed by atoms with Crippen LogP contribution in [-0.2, 0) is 9.53 Å². The zero-order valence-corrected chi connectivity index (χ0v) is 13.9. The summed E-state index contributed by atoms with van der Waals surface area (Å²) in [6.07, 6.45) is 7.90. The number of ether oxygens (including phenoxy) is 1. The molecule has 1 saturated carbocycles. The summed E-state index contributed by atoms with van der Waals surface area (Å²) >= 11 is 1.64. The second-order valence-electron chi connectivity index (χ2n) is 6.05. The number of carbonyl (C=O) groups excluding carboxylic acids is 1. The Morgan fingerprint density at radius 1 is 1.41 bits per heavy atom. The van der Waals surface area contributed by atoms with Crippen LogP contribution >= 0.6 is 11.8 Å². The quantitative estimate of drug-likeness (QED) is 0.731. The van der Waals surface area contributed by atoms with Crippen molar-refractivity contribution in [1.82, 2.24) is 10.2 Å². The Labute approximate surface area is 136 Å². The van der Waals surface area contributed by atoms with Crippen LogP contribution < -0.4 is 5.32 Å². The predicted octanol–water partition coefficient (Wildman–Crippen LogP) is 2.49. The van der Waals surface area contributed by atoms with Crippen molar-refractivity contribution in [2.45, 2.75) is 51.0 Å². The average molecular weight is 323 g/mol. The van der Waals surface area contributed by atoms with Gasteiger partial charge < -0.3 is 15.0 Å². The predicted molar refractivity (Wildman–Crippen MR) is 89.8 cm³/mol. The number of amidine groups is 1. The maximum absolute atomic E-state index is 12.0. The molecule has 0 radical (unpaired) electrons. The molecule has 1 amide bonds. The summed E-state index contributed by atoms with van der Waals surface area (Å²) in [6.45, 7) is 3.35. The van der Waals surface area contributed by atoms with E-state index in [2.05, 4.69) is 20.6 Å². The maximum Gasteiger partial charge on any atom is 0.225 e. The van der Waals surface area contributed by atoms with Gasteiger partial charge in [0.15, 0.2) is 5.17 Å². The molecule has 0 aromatic heterocycles. The molecule has 122 valence electrons. The van der Waals surface area contributed by atoms with Crippen molar-refractivity contribution in [2.75, 3.05) is 26.2 Å². The second kappa shape index (κ2) is 8.02. The van der Waals surface area contributed by atoms with E-state index in [9.17, 15) is 4.79 Å². The average Bonchev–Trinajstić information content (AvgIpc) is 3.17. The molecule has 3 aliphatic rings. The van der Waals surface area contributed by atoms with Gasteiger partial charge in [0.1, 0.15) is 0 Å². The van der Waals surface area contributed by atoms with Crippen LogP contribution in [0.25, 0.3) is 0 Å². The van der Waals surface area contributed by atoms with E-state index >= 15 is 0 Å². The molecule has 0 atom stereocenters. The van der Waals surface area contributed by atoms with Crippen LogP contribution in [0.15, 0.2) is 16.1 Å². The molecule has 0 bridgehead atoms. The highest BCUT2D eigenvalue weighted by molar-refractivity contribution is 8.16. The highest BCUT2D eigenvalue weighted by Crippen LogP contribution is 2.30. The lowest BCUT2D eigenvalue weighted by Crippen LogP contribution is -2.33. The normalized spacial score (nSPS) is 21.5. The van der Waals surface area contributed by atoms with Crippen molar-refractivity contribution < 1.29 is 9.53 Å². The molecule has 1 aliphatic carbocycles. The molecule has 0 unspecified atom stereocenters. The molecule has 0 spiro atoms. The summed E-state index contributed by atoms with van der Waals surface area (Å²) in [5.74, 6) is 0.0968. The molecule has 2 heterocycles. The van der Waals surface area contributed by atoms with Gasteiger partial charge in [-0.1, -0.05) is 24.6 Å². The molecule has 3 rings (SSSR count). The molecule has 1 N–H and O–H groups in total. The standard InChI is InChI=1S/C16H25N3O2S/c20-15(17-8-4-10-21-14-5-1-2-6-14)11-13-12-22-16-18-7-3-9-19(13)16/h12,14H,1-11H2,(H,17,20). The smallest absolute Gasteiger partial charge is 0.225 e. The van der Waals surface area contributed by atoms with Gasteiger partial charge in [0.25, 0.3) is 0 Å². The van der Waals surface area contributed by atoms with Crippen LogP contribution in [0.4, 0.5) is 0 Å². The number of nitrogens with zero attached hydrogens (tertiary/aromatic N) is 2. The monoisotopic (exact) mass is 323 g/mol. The molecular formula is C16H25N3O2S. The summed E-state index contributed by atoms with van der Waals surface area (Å²) in [6, 6.07) is 0. The van der Waals surface area contributed by atoms with Crippen molar-refractivity contribution in [3.63, 3.8) is 0 Å². The van der Waals surface area contributed by atoms with Crippen molar-refractivity contribution in [2.24, 2.45) is 4.99 Å². The fraction of sp³-hybridized carbons (Fsp3) is 0.750. The lowest BCUT2D eigenvalue weighted by atomic mass is 10.2. The zero-order valence-electron chi connectivity index (χ0n) is 13.1. The van der Waals surface area contributed by atoms with Crippen molar-refractivity contribution >= 4 is 22.8 Å². The Morgan fingerprint density at radius 2 is 2.27 bits per heavy atom. The van der Waals surface area contributed by atoms with E-state index in [4.69, 9.17) is 4.74 Å². The molecule has 6 heteroatoms. The SMILES string of the molecule is O=C(CC1=CSC2=NCCCN12)NCCCOC1CCCC1. The Bertz CT molecular complexity index is 458. The first-order valence-corrected chi connectivity index (χ1v) is 9.27. The summed E-state index contributed by atoms with van der Waals surface area (Å²) in [5, 5.41) is 6.11. The lowest BCUT2D eigenvalue weighted by molar-refractivity contribution is -0.120. The number of hydrogen-bond donors (Lipinski definition) is 1. The van der Waals surface area contributed by atoms with Gasteiger partial charge in [0, 0.05) is 31.9 Å². The molecule has 0 aromatic carbocycles. The fourth-order valence-corrected chi connectivity index (χ4v) is 4.06. The van der Waals surface area contributed by atoms with Crippen LogP contribution in [0.2, 0.25) is 0 Å². The Hall–Kier alpha value is -1.01. The Morgan fingerprint density at radius 3 is 3.14 bits per heavy atom. The Kier molecular flexibility index (Phi) is 5.78. The second-order valence-corrected chi connectivity index (χ2v) is 6.89. The van der Waals surface area contributed by atoms with Gasteiger partial charge >= 0.3 is 0 Å². The van der Waals surface area contributed by atoms with E-state index in [1.165, 1.54) is 25.7 Å². The third-order valence-electron chi connectivity index (χ3n) is 4.31. The van der Waals surface area contributed by atoms with Crippen LogP contribution in [0.5, 0.6) is 0 Å². The van der Waals surface area contributed by atoms with Gasteiger partial charge in [-0.2, -0.15) is 0 Å². The van der Waals surface area contributed by atoms with E-state index in [0.717, 1.165) is 43.4 Å². The van der Waals surface area contributed by atoms with Gasteiger partial charge in [0.05, 0.1) is 12.5 Å². The number of carbonyl (C=O) groups is 1. The van der Waals surface area contributed by atoms with Crippen LogP contribution in [0, 0.1) is 0 Å². The number of nitrogens with one attached hydrogen (secondary N) is 1. The van der Waals surface area contributed by atoms with Crippen molar-refractivity contribution in [3.8, 4) is 0 Å². The summed E-state index contributed by atoms with van der Waals surface area (Å²) in [4.78, 5) is 18.7. The molecule has 2 aliphatic heterocycles. The van der Waals surface area contributed by atoms with Gasteiger partial charge in [-0.3, -0.25) is 9.79 Å². The summed E-state index contributed by atoms with van der Waals surface area (Å²) in [7, 11) is 0. The van der Waals surface area contributed by atoms with E-state index in [0.29, 0.717) is 19.1 Å². The first-order valence-electron chi connectivity index (χ1n) is 8.39. The number of rotatable bonds is 7. The minimum absolute atomic E-state index is 0.0968. The largest absolute Gasteiger partial charge is 0.378 e. The minimum Gasteiger partial charge on any atom is -0.378 e. The van der Waals surface area contributed by atoms with E-state index in [1.54, 1.807) is 11.8 Å². The Balaban J connectivity index is 1.29. The van der Waals surface area contributed by atoms with Crippen LogP contribution in [0.3, 0.4) is 0 Å². The number of fused-ring (bicyclic) bond motifs is 1. The third-order valence-corrected chi connectivity index (χ3v) is 5.26. The number of aliphatic imine (C=N–C) groups is 1. The van der Waals surface area contributed by atoms with E-state index < -0.39 is 0 Å². The molecule has 1 fully saturated rings. The van der Waals surface area contributed by atoms with Crippen LogP contribution in [0.1, 0.15) is 44.9 Å². The highest BCUT2D eigenvalue weighted by atomic mass is 32.2. The molecule has 22 heavy (non-hydrogen) atoms. The van der Waals surface area contributed by atoms with E-state index in [-0.39, 0.29) is 5.91 Å². The topological polar surface area (TPSA) is 53.9 Å². The molecule has 0 aromatic rings. The number of thioether (sulfide) groups is 1. The van der Waals surface area contributed by atoms with Crippen LogP contribution in [-0.4, -0.2) is 48.3 Å². The molecule has 0 saturated heterocycles. The maximum atomic E-state index is 12.0.